The Bertz CT molecular complexity index is 1160. The van der Waals surface area contributed by atoms with Gasteiger partial charge in [0.1, 0.15) is 17.6 Å². The summed E-state index contributed by atoms with van der Waals surface area (Å²) in [5.41, 5.74) is 6.70. The third kappa shape index (κ3) is 3.56. The fraction of sp³-hybridized carbons (Fsp3) is 0.364. The van der Waals surface area contributed by atoms with E-state index in [1.54, 1.807) is 4.90 Å². The van der Waals surface area contributed by atoms with Crippen molar-refractivity contribution in [3.8, 4) is 22.6 Å². The van der Waals surface area contributed by atoms with Gasteiger partial charge in [0, 0.05) is 29.8 Å². The largest absolute Gasteiger partial charge is 0.442 e. The van der Waals surface area contributed by atoms with Gasteiger partial charge in [-0.25, -0.2) is 4.79 Å². The summed E-state index contributed by atoms with van der Waals surface area (Å²) in [6.07, 6.45) is 1.97. The number of cyclic esters (lactones) is 1. The monoisotopic (exact) mass is 421 g/mol. The van der Waals surface area contributed by atoms with Crippen LogP contribution in [0.5, 0.6) is 0 Å². The first-order valence-electron chi connectivity index (χ1n) is 10.4. The van der Waals surface area contributed by atoms with E-state index in [1.807, 2.05) is 31.2 Å². The van der Waals surface area contributed by atoms with Crippen LogP contribution >= 0.6 is 0 Å². The third-order valence-corrected chi connectivity index (χ3v) is 5.73. The van der Waals surface area contributed by atoms with E-state index in [9.17, 15) is 9.59 Å². The molecule has 31 heavy (non-hydrogen) atoms. The molecule has 1 fully saturated rings. The minimum absolute atomic E-state index is 0.144. The van der Waals surface area contributed by atoms with Gasteiger partial charge >= 0.3 is 6.09 Å². The Labute approximate surface area is 178 Å². The SMILES string of the molecule is CC(=O)NCC1CN(c2ccc3c(c2)CCCc2c-3n[nH]c2-c2cc(C)on2)C(=O)O1. The van der Waals surface area contributed by atoms with Crippen LogP contribution in [0.1, 0.15) is 30.2 Å². The van der Waals surface area contributed by atoms with Crippen molar-refractivity contribution in [3.05, 3.63) is 41.2 Å². The van der Waals surface area contributed by atoms with Crippen LogP contribution in [-0.4, -0.2) is 46.5 Å². The zero-order chi connectivity index (χ0) is 21.5. The summed E-state index contributed by atoms with van der Waals surface area (Å²) in [6.45, 7) is 4.02. The van der Waals surface area contributed by atoms with Gasteiger partial charge in [-0.3, -0.25) is 14.8 Å². The predicted molar refractivity (Wildman–Crippen MR) is 113 cm³/mol. The van der Waals surface area contributed by atoms with Crippen molar-refractivity contribution < 1.29 is 18.8 Å². The minimum atomic E-state index is -0.395. The lowest BCUT2D eigenvalue weighted by molar-refractivity contribution is -0.119. The fourth-order valence-corrected chi connectivity index (χ4v) is 4.27. The molecule has 160 valence electrons. The normalized spacial score (nSPS) is 17.7. The van der Waals surface area contributed by atoms with E-state index >= 15 is 0 Å². The van der Waals surface area contributed by atoms with Gasteiger partial charge in [-0.15, -0.1) is 0 Å². The van der Waals surface area contributed by atoms with Crippen LogP contribution in [0.15, 0.2) is 28.8 Å². The molecule has 1 atom stereocenters. The van der Waals surface area contributed by atoms with Gasteiger partial charge in [-0.1, -0.05) is 11.2 Å². The van der Waals surface area contributed by atoms with E-state index in [4.69, 9.17) is 9.26 Å². The number of ether oxygens (including phenoxy) is 1. The lowest BCUT2D eigenvalue weighted by atomic mass is 10.0. The van der Waals surface area contributed by atoms with Gasteiger partial charge in [0.15, 0.2) is 0 Å². The van der Waals surface area contributed by atoms with Crippen LogP contribution in [-0.2, 0) is 22.4 Å². The maximum atomic E-state index is 12.4. The average molecular weight is 421 g/mol. The molecule has 9 heteroatoms. The summed E-state index contributed by atoms with van der Waals surface area (Å²) in [7, 11) is 0. The number of nitrogens with one attached hydrogen (secondary N) is 2. The van der Waals surface area contributed by atoms with Crippen molar-refractivity contribution in [3.63, 3.8) is 0 Å². The number of rotatable bonds is 4. The van der Waals surface area contributed by atoms with E-state index in [0.717, 1.165) is 64.5 Å². The molecule has 1 unspecified atom stereocenters. The molecule has 0 bridgehead atoms. The lowest BCUT2D eigenvalue weighted by Crippen LogP contribution is -2.33. The molecular formula is C22H23N5O4. The van der Waals surface area contributed by atoms with Gasteiger partial charge in [0.25, 0.3) is 0 Å². The van der Waals surface area contributed by atoms with Crippen molar-refractivity contribution >= 4 is 17.7 Å². The summed E-state index contributed by atoms with van der Waals surface area (Å²) >= 11 is 0. The van der Waals surface area contributed by atoms with Gasteiger partial charge in [-0.2, -0.15) is 5.10 Å². The second-order valence-electron chi connectivity index (χ2n) is 8.00. The zero-order valence-corrected chi connectivity index (χ0v) is 17.4. The summed E-state index contributed by atoms with van der Waals surface area (Å²) < 4.78 is 10.6. The van der Waals surface area contributed by atoms with Crippen molar-refractivity contribution in [1.29, 1.82) is 0 Å². The number of hydrogen-bond acceptors (Lipinski definition) is 6. The number of H-pyrrole nitrogens is 1. The third-order valence-electron chi connectivity index (χ3n) is 5.73. The first-order valence-corrected chi connectivity index (χ1v) is 10.4. The molecule has 3 heterocycles. The number of aryl methyl sites for hydroxylation is 2. The number of aromatic amines is 1. The Morgan fingerprint density at radius 1 is 1.32 bits per heavy atom. The van der Waals surface area contributed by atoms with Gasteiger partial charge < -0.3 is 14.6 Å². The number of amides is 2. The molecule has 2 aromatic heterocycles. The molecule has 0 spiro atoms. The Kier molecular flexibility index (Phi) is 4.72. The van der Waals surface area contributed by atoms with Crippen molar-refractivity contribution in [2.45, 2.75) is 39.2 Å². The number of carbonyl (C=O) groups excluding carboxylic acids is 2. The molecule has 1 aliphatic carbocycles. The number of benzene rings is 1. The molecule has 3 aromatic rings. The lowest BCUT2D eigenvalue weighted by Gasteiger charge is -2.16. The van der Waals surface area contributed by atoms with Crippen molar-refractivity contribution in [1.82, 2.24) is 20.7 Å². The minimum Gasteiger partial charge on any atom is -0.442 e. The van der Waals surface area contributed by atoms with E-state index in [-0.39, 0.29) is 12.0 Å². The highest BCUT2D eigenvalue weighted by atomic mass is 16.6. The Morgan fingerprint density at radius 3 is 2.97 bits per heavy atom. The maximum Gasteiger partial charge on any atom is 0.414 e. The highest BCUT2D eigenvalue weighted by Crippen LogP contribution is 2.38. The number of anilines is 1. The van der Waals surface area contributed by atoms with Crippen molar-refractivity contribution in [2.24, 2.45) is 0 Å². The predicted octanol–water partition coefficient (Wildman–Crippen LogP) is 2.99. The Balaban J connectivity index is 1.43. The van der Waals surface area contributed by atoms with Crippen LogP contribution in [0.4, 0.5) is 10.5 Å². The first-order chi connectivity index (χ1) is 15.0. The molecule has 5 rings (SSSR count). The smallest absolute Gasteiger partial charge is 0.414 e. The molecular weight excluding hydrogens is 398 g/mol. The van der Waals surface area contributed by atoms with Crippen LogP contribution in [0.25, 0.3) is 22.6 Å². The zero-order valence-electron chi connectivity index (χ0n) is 17.4. The Morgan fingerprint density at radius 2 is 2.19 bits per heavy atom. The Hall–Kier alpha value is -3.62. The second kappa shape index (κ2) is 7.57. The van der Waals surface area contributed by atoms with Crippen molar-refractivity contribution in [2.75, 3.05) is 18.0 Å². The van der Waals surface area contributed by atoms with Gasteiger partial charge in [0.2, 0.25) is 5.91 Å². The van der Waals surface area contributed by atoms with Gasteiger partial charge in [-0.05, 0) is 43.9 Å². The van der Waals surface area contributed by atoms with E-state index < -0.39 is 6.09 Å². The fourth-order valence-electron chi connectivity index (χ4n) is 4.27. The molecule has 1 aliphatic heterocycles. The standard InChI is InChI=1S/C22H23N5O4/c1-12-8-19(26-31-12)21-18-5-3-4-14-9-15(6-7-17(14)20(18)24-25-21)27-11-16(30-22(27)29)10-23-13(2)28/h6-9,16H,3-5,10-11H2,1-2H3,(H,23,28)(H,24,25). The van der Waals surface area contributed by atoms with Crippen LogP contribution in [0.3, 0.4) is 0 Å². The number of fused-ring (bicyclic) bond motifs is 3. The van der Waals surface area contributed by atoms with E-state index in [2.05, 4.69) is 20.7 Å². The molecule has 0 radical (unpaired) electrons. The van der Waals surface area contributed by atoms with E-state index in [0.29, 0.717) is 13.1 Å². The topological polar surface area (TPSA) is 113 Å². The molecule has 2 aliphatic rings. The number of aromatic nitrogens is 3. The van der Waals surface area contributed by atoms with Crippen LogP contribution in [0, 0.1) is 6.92 Å². The quantitative estimate of drug-likeness (QED) is 0.670. The summed E-state index contributed by atoms with van der Waals surface area (Å²) in [4.78, 5) is 25.1. The highest BCUT2D eigenvalue weighted by Gasteiger charge is 2.33. The average Bonchev–Trinajstić information content (AvgIpc) is 3.42. The molecule has 2 amide bonds. The molecule has 0 saturated carbocycles. The molecule has 2 N–H and O–H groups in total. The molecule has 9 nitrogen and oxygen atoms in total. The summed E-state index contributed by atoms with van der Waals surface area (Å²) in [5.74, 6) is 0.612. The maximum absolute atomic E-state index is 12.4. The molecule has 1 saturated heterocycles. The summed E-state index contributed by atoms with van der Waals surface area (Å²) in [6, 6.07) is 7.88. The van der Waals surface area contributed by atoms with Crippen LogP contribution in [0.2, 0.25) is 0 Å². The first kappa shape index (κ1) is 19.3. The van der Waals surface area contributed by atoms with Gasteiger partial charge in [0.05, 0.1) is 24.5 Å². The number of hydrogen-bond donors (Lipinski definition) is 2. The van der Waals surface area contributed by atoms with E-state index in [1.165, 1.54) is 6.92 Å². The second-order valence-corrected chi connectivity index (χ2v) is 8.00. The summed E-state index contributed by atoms with van der Waals surface area (Å²) in [5, 5.41) is 14.5. The number of nitrogens with zero attached hydrogens (tertiary/aromatic N) is 3. The number of carbonyl (C=O) groups is 2. The molecule has 1 aromatic carbocycles. The highest BCUT2D eigenvalue weighted by molar-refractivity contribution is 5.91. The van der Waals surface area contributed by atoms with Crippen LogP contribution < -0.4 is 10.2 Å².